The second-order valence-corrected chi connectivity index (χ2v) is 3.72. The van der Waals surface area contributed by atoms with Crippen molar-refractivity contribution in [2.24, 2.45) is 0 Å². The number of fused-ring (bicyclic) bond motifs is 1. The van der Waals surface area contributed by atoms with Crippen molar-refractivity contribution in [3.8, 4) is 5.88 Å². The van der Waals surface area contributed by atoms with Crippen molar-refractivity contribution in [2.45, 2.75) is 0 Å². The maximum atomic E-state index is 11.1. The fraction of sp³-hybridized carbons (Fsp3) is 0.0909. The van der Waals surface area contributed by atoms with Gasteiger partial charge in [-0.1, -0.05) is 0 Å². The summed E-state index contributed by atoms with van der Waals surface area (Å²) in [6.45, 7) is 0. The van der Waals surface area contributed by atoms with Crippen LogP contribution in [0.3, 0.4) is 0 Å². The Kier molecular flexibility index (Phi) is 2.60. The molecule has 0 aromatic carbocycles. The van der Waals surface area contributed by atoms with Crippen molar-refractivity contribution in [1.29, 1.82) is 0 Å². The summed E-state index contributed by atoms with van der Waals surface area (Å²) in [6.07, 6.45) is 3.14. The minimum absolute atomic E-state index is 0.319. The number of nitrogens with zero attached hydrogens (tertiary/aromatic N) is 3. The molecule has 0 aliphatic heterocycles. The highest BCUT2D eigenvalue weighted by atomic mass is 16.5. The second-order valence-electron chi connectivity index (χ2n) is 3.72. The van der Waals surface area contributed by atoms with Crippen LogP contribution in [-0.4, -0.2) is 32.0 Å². The van der Waals surface area contributed by atoms with Crippen LogP contribution in [0.2, 0.25) is 0 Å². The van der Waals surface area contributed by atoms with Crippen molar-refractivity contribution in [2.75, 3.05) is 12.4 Å². The number of aromatic nitrogens is 5. The lowest BCUT2D eigenvalue weighted by atomic mass is 10.4. The molecule has 0 saturated carbocycles. The smallest absolute Gasteiger partial charge is 0.325 e. The summed E-state index contributed by atoms with van der Waals surface area (Å²) in [5, 5.41) is 2.98. The van der Waals surface area contributed by atoms with Crippen LogP contribution in [0, 0.1) is 0 Å². The van der Waals surface area contributed by atoms with Gasteiger partial charge in [-0.25, -0.2) is 14.8 Å². The number of anilines is 2. The Balaban J connectivity index is 1.98. The zero-order chi connectivity index (χ0) is 13.2. The van der Waals surface area contributed by atoms with Crippen LogP contribution in [0.15, 0.2) is 29.3 Å². The standard InChI is InChI=1S/C11H10N6O2/c1-19-9-6(3-2-4-12-9)14-10-13-5-7-8(16-10)17-11(18)15-7/h2-5H,1H3,(H3,13,14,15,16,17,18). The molecule has 96 valence electrons. The molecule has 0 fully saturated rings. The third-order valence-electron chi connectivity index (χ3n) is 2.48. The molecule has 0 atom stereocenters. The number of aromatic amines is 2. The van der Waals surface area contributed by atoms with Gasteiger partial charge in [0.05, 0.1) is 13.3 Å². The highest BCUT2D eigenvalue weighted by molar-refractivity contribution is 5.71. The first-order chi connectivity index (χ1) is 9.26. The van der Waals surface area contributed by atoms with E-state index < -0.39 is 0 Å². The summed E-state index contributed by atoms with van der Waals surface area (Å²) in [7, 11) is 1.53. The first-order valence-electron chi connectivity index (χ1n) is 5.47. The van der Waals surface area contributed by atoms with Crippen LogP contribution in [0.1, 0.15) is 0 Å². The van der Waals surface area contributed by atoms with E-state index >= 15 is 0 Å². The topological polar surface area (TPSA) is 109 Å². The number of hydrogen-bond donors (Lipinski definition) is 3. The predicted octanol–water partition coefficient (Wildman–Crippen LogP) is 0.793. The van der Waals surface area contributed by atoms with Crippen molar-refractivity contribution >= 4 is 22.8 Å². The number of H-pyrrole nitrogens is 2. The Bertz CT molecular complexity index is 778. The van der Waals surface area contributed by atoms with Gasteiger partial charge < -0.3 is 15.0 Å². The van der Waals surface area contributed by atoms with Crippen LogP contribution >= 0.6 is 0 Å². The Morgan fingerprint density at radius 1 is 1.32 bits per heavy atom. The molecule has 0 bridgehead atoms. The van der Waals surface area contributed by atoms with Gasteiger partial charge in [-0.05, 0) is 12.1 Å². The maximum Gasteiger partial charge on any atom is 0.325 e. The van der Waals surface area contributed by atoms with Crippen molar-refractivity contribution in [3.05, 3.63) is 35.0 Å². The maximum absolute atomic E-state index is 11.1. The summed E-state index contributed by atoms with van der Waals surface area (Å²) in [5.74, 6) is 0.780. The van der Waals surface area contributed by atoms with Gasteiger partial charge in [0.15, 0.2) is 5.65 Å². The molecule has 3 heterocycles. The van der Waals surface area contributed by atoms with Crippen molar-refractivity contribution in [3.63, 3.8) is 0 Å². The van der Waals surface area contributed by atoms with E-state index in [1.54, 1.807) is 18.3 Å². The minimum atomic E-state index is -0.319. The highest BCUT2D eigenvalue weighted by Gasteiger charge is 2.07. The van der Waals surface area contributed by atoms with Crippen LogP contribution < -0.4 is 15.7 Å². The molecule has 3 N–H and O–H groups in total. The molecule has 0 saturated heterocycles. The summed E-state index contributed by atoms with van der Waals surface area (Å²) in [6, 6.07) is 3.56. The second kappa shape index (κ2) is 4.41. The van der Waals surface area contributed by atoms with Gasteiger partial charge in [0.1, 0.15) is 11.2 Å². The molecular weight excluding hydrogens is 248 g/mol. The zero-order valence-electron chi connectivity index (χ0n) is 9.97. The van der Waals surface area contributed by atoms with E-state index in [1.807, 2.05) is 0 Å². The first-order valence-corrected chi connectivity index (χ1v) is 5.47. The lowest BCUT2D eigenvalue weighted by Crippen LogP contribution is -2.00. The van der Waals surface area contributed by atoms with E-state index in [0.717, 1.165) is 0 Å². The lowest BCUT2D eigenvalue weighted by molar-refractivity contribution is 0.400. The normalized spacial score (nSPS) is 10.6. The molecule has 0 amide bonds. The average molecular weight is 258 g/mol. The quantitative estimate of drug-likeness (QED) is 0.641. The Hall–Kier alpha value is -2.90. The zero-order valence-corrected chi connectivity index (χ0v) is 9.97. The SMILES string of the molecule is COc1ncccc1Nc1ncc2[nH]c(=O)[nH]c2n1. The molecule has 0 unspecified atom stereocenters. The van der Waals surface area contributed by atoms with E-state index in [1.165, 1.54) is 13.3 Å². The molecule has 8 heteroatoms. The summed E-state index contributed by atoms with van der Waals surface area (Å²) in [4.78, 5) is 28.6. The van der Waals surface area contributed by atoms with Crippen molar-refractivity contribution in [1.82, 2.24) is 24.9 Å². The summed E-state index contributed by atoms with van der Waals surface area (Å²) in [5.41, 5.74) is 1.31. The van der Waals surface area contributed by atoms with Gasteiger partial charge in [-0.15, -0.1) is 0 Å². The fourth-order valence-corrected chi connectivity index (χ4v) is 1.66. The van der Waals surface area contributed by atoms with E-state index in [2.05, 4.69) is 30.2 Å². The predicted molar refractivity (Wildman–Crippen MR) is 68.6 cm³/mol. The molecule has 0 aliphatic carbocycles. The van der Waals surface area contributed by atoms with Crippen LogP contribution in [0.5, 0.6) is 5.88 Å². The number of pyridine rings is 1. The van der Waals surface area contributed by atoms with Gasteiger partial charge in [0.25, 0.3) is 0 Å². The number of nitrogens with one attached hydrogen (secondary N) is 3. The lowest BCUT2D eigenvalue weighted by Gasteiger charge is -2.07. The number of imidazole rings is 1. The fourth-order valence-electron chi connectivity index (χ4n) is 1.66. The van der Waals surface area contributed by atoms with Crippen LogP contribution in [-0.2, 0) is 0 Å². The third-order valence-corrected chi connectivity index (χ3v) is 2.48. The number of rotatable bonds is 3. The average Bonchev–Trinajstić information content (AvgIpc) is 2.79. The van der Waals surface area contributed by atoms with Gasteiger partial charge >= 0.3 is 5.69 Å². The molecule has 0 radical (unpaired) electrons. The number of methoxy groups -OCH3 is 1. The molecule has 8 nitrogen and oxygen atoms in total. The molecule has 3 aromatic rings. The van der Waals surface area contributed by atoms with Gasteiger partial charge in [0, 0.05) is 6.20 Å². The number of hydrogen-bond acceptors (Lipinski definition) is 6. The Labute approximate surface area is 106 Å². The first kappa shape index (κ1) is 11.2. The van der Waals surface area contributed by atoms with E-state index in [4.69, 9.17) is 4.74 Å². The van der Waals surface area contributed by atoms with Crippen molar-refractivity contribution < 1.29 is 4.74 Å². The van der Waals surface area contributed by atoms with Gasteiger partial charge in [-0.3, -0.25) is 4.98 Å². The van der Waals surface area contributed by atoms with Gasteiger partial charge in [-0.2, -0.15) is 4.98 Å². The minimum Gasteiger partial charge on any atom is -0.480 e. The summed E-state index contributed by atoms with van der Waals surface area (Å²) < 4.78 is 5.12. The largest absolute Gasteiger partial charge is 0.480 e. The molecule has 3 rings (SSSR count). The summed E-state index contributed by atoms with van der Waals surface area (Å²) >= 11 is 0. The van der Waals surface area contributed by atoms with E-state index in [9.17, 15) is 4.79 Å². The third kappa shape index (κ3) is 2.10. The Morgan fingerprint density at radius 3 is 3.05 bits per heavy atom. The molecule has 0 spiro atoms. The molecular formula is C11H10N6O2. The molecule has 19 heavy (non-hydrogen) atoms. The monoisotopic (exact) mass is 258 g/mol. The van der Waals surface area contributed by atoms with E-state index in [0.29, 0.717) is 28.7 Å². The van der Waals surface area contributed by atoms with Crippen LogP contribution in [0.25, 0.3) is 11.2 Å². The molecule has 0 aliphatic rings. The van der Waals surface area contributed by atoms with E-state index in [-0.39, 0.29) is 5.69 Å². The van der Waals surface area contributed by atoms with Gasteiger partial charge in [0.2, 0.25) is 11.8 Å². The molecule has 3 aromatic heterocycles. The Morgan fingerprint density at radius 2 is 2.21 bits per heavy atom. The number of ether oxygens (including phenoxy) is 1. The van der Waals surface area contributed by atoms with Crippen LogP contribution in [0.4, 0.5) is 11.6 Å². The highest BCUT2D eigenvalue weighted by Crippen LogP contribution is 2.22.